The van der Waals surface area contributed by atoms with E-state index in [1.165, 1.54) is 28.0 Å². The molecule has 3 rings (SSSR count). The van der Waals surface area contributed by atoms with Gasteiger partial charge in [0, 0.05) is 21.9 Å². The molecule has 1 aromatic carbocycles. The third-order valence-corrected chi connectivity index (χ3v) is 6.41. The second kappa shape index (κ2) is 7.97. The fourth-order valence-corrected chi connectivity index (χ4v) is 4.53. The number of ketones is 1. The zero-order valence-corrected chi connectivity index (χ0v) is 17.9. The zero-order valence-electron chi connectivity index (χ0n) is 16.3. The largest absolute Gasteiger partial charge is 0.294 e. The first kappa shape index (κ1) is 20.4. The van der Waals surface area contributed by atoms with Crippen molar-refractivity contribution in [2.45, 2.75) is 34.2 Å². The summed E-state index contributed by atoms with van der Waals surface area (Å²) in [6.07, 6.45) is 3.36. The third kappa shape index (κ3) is 4.39. The number of aromatic nitrogens is 1. The van der Waals surface area contributed by atoms with Gasteiger partial charge in [-0.3, -0.25) is 14.2 Å². The van der Waals surface area contributed by atoms with E-state index in [2.05, 4.69) is 0 Å². The molecule has 0 saturated carbocycles. The molecule has 0 aliphatic rings. The second-order valence-electron chi connectivity index (χ2n) is 7.66. The van der Waals surface area contributed by atoms with Crippen molar-refractivity contribution >= 4 is 40.6 Å². The molecule has 2 aromatic heterocycles. The summed E-state index contributed by atoms with van der Waals surface area (Å²) in [5.41, 5.74) is 0.736. The van der Waals surface area contributed by atoms with Crippen molar-refractivity contribution in [3.63, 3.8) is 0 Å². The van der Waals surface area contributed by atoms with E-state index < -0.39 is 5.41 Å². The van der Waals surface area contributed by atoms with E-state index in [0.717, 1.165) is 10.4 Å². The van der Waals surface area contributed by atoms with Crippen LogP contribution in [0.1, 0.15) is 36.8 Å². The number of carbonyl (C=O) groups excluding carboxylic acids is 1. The Hall–Kier alpha value is -2.31. The Labute approximate surface area is 171 Å². The molecule has 0 radical (unpaired) electrons. The minimum atomic E-state index is -0.558. The summed E-state index contributed by atoms with van der Waals surface area (Å²) >= 11 is 2.82. The fourth-order valence-electron chi connectivity index (χ4n) is 2.57. The standard InChI is InChI=1S/C22H22FNO2S2/c1-14-9-10-27-17(14)11-18-21(26)24(13-15-7-5-6-8-16(15)23)20(28-18)12-19(25)22(2,3)4/h5-12H,13H2,1-4H3/b18-11-,20-12-. The highest BCUT2D eigenvalue weighted by Gasteiger charge is 2.19. The number of benzene rings is 1. The number of aryl methyl sites for hydroxylation is 1. The smallest absolute Gasteiger partial charge is 0.269 e. The predicted octanol–water partition coefficient (Wildman–Crippen LogP) is 3.69. The van der Waals surface area contributed by atoms with Gasteiger partial charge in [0.05, 0.1) is 11.1 Å². The van der Waals surface area contributed by atoms with E-state index in [9.17, 15) is 14.0 Å². The molecule has 2 heterocycles. The number of thiophene rings is 1. The Morgan fingerprint density at radius 3 is 2.54 bits per heavy atom. The molecule has 0 unspecified atom stereocenters. The molecule has 0 aliphatic heterocycles. The lowest BCUT2D eigenvalue weighted by Gasteiger charge is -2.13. The van der Waals surface area contributed by atoms with Gasteiger partial charge in [0.25, 0.3) is 5.56 Å². The van der Waals surface area contributed by atoms with Crippen LogP contribution in [0.3, 0.4) is 0 Å². The summed E-state index contributed by atoms with van der Waals surface area (Å²) in [5, 5.41) is 1.98. The van der Waals surface area contributed by atoms with Crippen molar-refractivity contribution in [1.82, 2.24) is 4.57 Å². The van der Waals surface area contributed by atoms with Gasteiger partial charge in [0.2, 0.25) is 0 Å². The molecule has 0 atom stereocenters. The van der Waals surface area contributed by atoms with Crippen LogP contribution in [0.4, 0.5) is 4.39 Å². The first-order chi connectivity index (χ1) is 13.2. The first-order valence-electron chi connectivity index (χ1n) is 8.92. The highest BCUT2D eigenvalue weighted by atomic mass is 32.1. The van der Waals surface area contributed by atoms with Gasteiger partial charge < -0.3 is 0 Å². The topological polar surface area (TPSA) is 39.1 Å². The number of hydrogen-bond donors (Lipinski definition) is 0. The number of hydrogen-bond acceptors (Lipinski definition) is 4. The van der Waals surface area contributed by atoms with Crippen LogP contribution < -0.4 is 14.8 Å². The van der Waals surface area contributed by atoms with Gasteiger partial charge in [-0.25, -0.2) is 4.39 Å². The van der Waals surface area contributed by atoms with Crippen LogP contribution in [-0.2, 0) is 11.3 Å². The number of carbonyl (C=O) groups is 1. The van der Waals surface area contributed by atoms with Crippen LogP contribution in [-0.4, -0.2) is 10.4 Å². The van der Waals surface area contributed by atoms with Gasteiger partial charge >= 0.3 is 0 Å². The van der Waals surface area contributed by atoms with Crippen LogP contribution in [0.2, 0.25) is 0 Å². The van der Waals surface area contributed by atoms with Gasteiger partial charge in [-0.1, -0.05) is 39.0 Å². The fraction of sp³-hybridized carbons (Fsp3) is 0.273. The van der Waals surface area contributed by atoms with Crippen LogP contribution in [0.15, 0.2) is 40.5 Å². The van der Waals surface area contributed by atoms with Gasteiger partial charge in [-0.2, -0.15) is 0 Å². The molecular weight excluding hydrogens is 393 g/mol. The molecule has 146 valence electrons. The molecular formula is C22H22FNO2S2. The Bertz CT molecular complexity index is 1190. The van der Waals surface area contributed by atoms with Crippen LogP contribution in [0.25, 0.3) is 12.2 Å². The highest BCUT2D eigenvalue weighted by Crippen LogP contribution is 2.16. The van der Waals surface area contributed by atoms with E-state index >= 15 is 0 Å². The van der Waals surface area contributed by atoms with E-state index in [1.807, 2.05) is 45.2 Å². The van der Waals surface area contributed by atoms with E-state index in [0.29, 0.717) is 14.8 Å². The number of thiazole rings is 1. The summed E-state index contributed by atoms with van der Waals surface area (Å²) in [6, 6.07) is 8.38. The summed E-state index contributed by atoms with van der Waals surface area (Å²) in [7, 11) is 0. The zero-order chi connectivity index (χ0) is 20.5. The molecule has 0 saturated heterocycles. The van der Waals surface area contributed by atoms with E-state index in [1.54, 1.807) is 29.5 Å². The van der Waals surface area contributed by atoms with E-state index in [-0.39, 0.29) is 23.7 Å². The second-order valence-corrected chi connectivity index (χ2v) is 9.67. The lowest BCUT2D eigenvalue weighted by atomic mass is 9.91. The monoisotopic (exact) mass is 415 g/mol. The average Bonchev–Trinajstić information content (AvgIpc) is 3.14. The lowest BCUT2D eigenvalue weighted by Crippen LogP contribution is -2.33. The van der Waals surface area contributed by atoms with Crippen molar-refractivity contribution in [3.05, 3.63) is 77.1 Å². The summed E-state index contributed by atoms with van der Waals surface area (Å²) in [4.78, 5) is 26.6. The quantitative estimate of drug-likeness (QED) is 0.652. The molecule has 28 heavy (non-hydrogen) atoms. The molecule has 3 aromatic rings. The molecule has 6 heteroatoms. The normalized spacial score (nSPS) is 13.3. The lowest BCUT2D eigenvalue weighted by molar-refractivity contribution is -0.120. The molecule has 0 aliphatic carbocycles. The number of Topliss-reactive ketones (excluding diaryl/α,β-unsaturated/α-hetero) is 1. The van der Waals surface area contributed by atoms with Crippen molar-refractivity contribution in [2.75, 3.05) is 0 Å². The SMILES string of the molecule is Cc1ccsc1/C=c1\s/c(=C\C(=O)C(C)(C)C)n(Cc2ccccc2F)c1=O. The van der Waals surface area contributed by atoms with Crippen molar-refractivity contribution < 1.29 is 9.18 Å². The summed E-state index contributed by atoms with van der Waals surface area (Å²) < 4.78 is 16.7. The molecule has 3 nitrogen and oxygen atoms in total. The molecule has 0 N–H and O–H groups in total. The molecule has 0 spiro atoms. The number of halogens is 1. The van der Waals surface area contributed by atoms with Crippen LogP contribution >= 0.6 is 22.7 Å². The summed E-state index contributed by atoms with van der Waals surface area (Å²) in [5.74, 6) is -0.441. The van der Waals surface area contributed by atoms with Crippen LogP contribution in [0.5, 0.6) is 0 Å². The minimum Gasteiger partial charge on any atom is -0.294 e. The molecule has 0 amide bonds. The molecule has 0 bridgehead atoms. The van der Waals surface area contributed by atoms with Gasteiger partial charge in [0.15, 0.2) is 5.78 Å². The van der Waals surface area contributed by atoms with E-state index in [4.69, 9.17) is 0 Å². The van der Waals surface area contributed by atoms with Crippen molar-refractivity contribution in [1.29, 1.82) is 0 Å². The average molecular weight is 416 g/mol. The third-order valence-electron chi connectivity index (χ3n) is 4.38. The number of rotatable bonds is 4. The Morgan fingerprint density at radius 1 is 1.21 bits per heavy atom. The number of nitrogens with zero attached hydrogens (tertiary/aromatic N) is 1. The van der Waals surface area contributed by atoms with Gasteiger partial charge in [-0.05, 0) is 36.1 Å². The van der Waals surface area contributed by atoms with Gasteiger partial charge in [0.1, 0.15) is 10.5 Å². The maximum atomic E-state index is 14.2. The Kier molecular flexibility index (Phi) is 5.82. The van der Waals surface area contributed by atoms with Crippen molar-refractivity contribution in [3.8, 4) is 0 Å². The minimum absolute atomic E-state index is 0.0742. The van der Waals surface area contributed by atoms with Crippen molar-refractivity contribution in [2.24, 2.45) is 5.41 Å². The Balaban J connectivity index is 2.21. The Morgan fingerprint density at radius 2 is 1.93 bits per heavy atom. The van der Waals surface area contributed by atoms with Gasteiger partial charge in [-0.15, -0.1) is 22.7 Å². The van der Waals surface area contributed by atoms with Crippen LogP contribution in [0, 0.1) is 18.2 Å². The maximum absolute atomic E-state index is 14.2. The first-order valence-corrected chi connectivity index (χ1v) is 10.6. The predicted molar refractivity (Wildman–Crippen MR) is 115 cm³/mol. The molecule has 0 fully saturated rings. The maximum Gasteiger partial charge on any atom is 0.269 e. The highest BCUT2D eigenvalue weighted by molar-refractivity contribution is 7.11. The summed E-state index contributed by atoms with van der Waals surface area (Å²) in [6.45, 7) is 7.58.